The fourth-order valence-corrected chi connectivity index (χ4v) is 3.88. The molecule has 3 aromatic rings. The number of halogens is 2. The van der Waals surface area contributed by atoms with Crippen molar-refractivity contribution in [3.63, 3.8) is 0 Å². The van der Waals surface area contributed by atoms with Gasteiger partial charge in [-0.1, -0.05) is 0 Å². The molecule has 0 aliphatic carbocycles. The number of pyridine rings is 1. The third kappa shape index (κ3) is 3.78. The van der Waals surface area contributed by atoms with Gasteiger partial charge in [-0.2, -0.15) is 0 Å². The summed E-state index contributed by atoms with van der Waals surface area (Å²) < 4.78 is 34.1. The first-order chi connectivity index (χ1) is 15.0. The highest BCUT2D eigenvalue weighted by Gasteiger charge is 2.30. The zero-order chi connectivity index (χ0) is 21.5. The van der Waals surface area contributed by atoms with Crippen LogP contribution < -0.4 is 10.2 Å². The minimum Gasteiger partial charge on any atom is -0.384 e. The van der Waals surface area contributed by atoms with E-state index in [0.717, 1.165) is 30.8 Å². The Morgan fingerprint density at radius 3 is 2.81 bits per heavy atom. The van der Waals surface area contributed by atoms with E-state index < -0.39 is 18.0 Å². The highest BCUT2D eigenvalue weighted by atomic mass is 19.1. The van der Waals surface area contributed by atoms with Gasteiger partial charge in [-0.05, 0) is 24.3 Å². The number of rotatable bonds is 5. The van der Waals surface area contributed by atoms with Crippen molar-refractivity contribution in [2.75, 3.05) is 50.1 Å². The summed E-state index contributed by atoms with van der Waals surface area (Å²) >= 11 is 0. The first kappa shape index (κ1) is 19.7. The number of aromatic nitrogens is 3. The predicted octanol–water partition coefficient (Wildman–Crippen LogP) is 2.83. The van der Waals surface area contributed by atoms with Gasteiger partial charge in [0.15, 0.2) is 5.65 Å². The van der Waals surface area contributed by atoms with Crippen LogP contribution in [0.5, 0.6) is 0 Å². The van der Waals surface area contributed by atoms with Gasteiger partial charge < -0.3 is 19.9 Å². The third-order valence-electron chi connectivity index (χ3n) is 5.64. The number of anilines is 2. The van der Waals surface area contributed by atoms with Gasteiger partial charge in [0, 0.05) is 43.4 Å². The number of likely N-dealkylation sites (tertiary alicyclic amines) is 1. The minimum atomic E-state index is -0.981. The SMILES string of the molecule is COCC1CN(c2cnc3nn(-c4cc(NC(=O)N5CC(F)C5)ccc4F)cc3c2)C1. The highest BCUT2D eigenvalue weighted by molar-refractivity contribution is 5.90. The molecular formula is C21H22F2N6O2. The number of alkyl halides is 1. The smallest absolute Gasteiger partial charge is 0.322 e. The van der Waals surface area contributed by atoms with Crippen molar-refractivity contribution < 1.29 is 18.3 Å². The topological polar surface area (TPSA) is 75.5 Å². The van der Waals surface area contributed by atoms with E-state index in [4.69, 9.17) is 4.74 Å². The number of hydrogen-bond donors (Lipinski definition) is 1. The van der Waals surface area contributed by atoms with Crippen LogP contribution in [0.4, 0.5) is 25.0 Å². The summed E-state index contributed by atoms with van der Waals surface area (Å²) in [6.07, 6.45) is 2.50. The summed E-state index contributed by atoms with van der Waals surface area (Å²) in [5.41, 5.74) is 2.08. The molecule has 4 heterocycles. The number of hydrogen-bond acceptors (Lipinski definition) is 5. The van der Waals surface area contributed by atoms with Gasteiger partial charge in [-0.3, -0.25) is 0 Å². The second-order valence-corrected chi connectivity index (χ2v) is 8.00. The van der Waals surface area contributed by atoms with Crippen LogP contribution in [-0.2, 0) is 4.74 Å². The largest absolute Gasteiger partial charge is 0.384 e. The molecule has 2 amide bonds. The van der Waals surface area contributed by atoms with E-state index in [1.165, 1.54) is 27.8 Å². The molecule has 0 spiro atoms. The quantitative estimate of drug-likeness (QED) is 0.677. The van der Waals surface area contributed by atoms with Crippen molar-refractivity contribution in [2.24, 2.45) is 5.92 Å². The van der Waals surface area contributed by atoms with Crippen LogP contribution in [0.3, 0.4) is 0 Å². The minimum absolute atomic E-state index is 0.0711. The molecule has 1 N–H and O–H groups in total. The molecule has 2 aliphatic heterocycles. The maximum atomic E-state index is 14.5. The number of urea groups is 1. The van der Waals surface area contributed by atoms with Crippen LogP contribution in [0.1, 0.15) is 0 Å². The number of carbonyl (C=O) groups excluding carboxylic acids is 1. The van der Waals surface area contributed by atoms with Crippen molar-refractivity contribution in [1.82, 2.24) is 19.7 Å². The number of ether oxygens (including phenoxy) is 1. The van der Waals surface area contributed by atoms with E-state index in [2.05, 4.69) is 20.3 Å². The normalized spacial score (nSPS) is 17.0. The summed E-state index contributed by atoms with van der Waals surface area (Å²) in [6, 6.07) is 5.79. The third-order valence-corrected chi connectivity index (χ3v) is 5.64. The van der Waals surface area contributed by atoms with Gasteiger partial charge in [-0.25, -0.2) is 23.2 Å². The number of amides is 2. The van der Waals surface area contributed by atoms with E-state index >= 15 is 0 Å². The number of methoxy groups -OCH3 is 1. The number of nitrogens with zero attached hydrogens (tertiary/aromatic N) is 5. The molecular weight excluding hydrogens is 406 g/mol. The van der Waals surface area contributed by atoms with Gasteiger partial charge in [-0.15, -0.1) is 5.10 Å². The Bertz CT molecular complexity index is 1120. The Hall–Kier alpha value is -3.27. The number of carbonyl (C=O) groups is 1. The zero-order valence-corrected chi connectivity index (χ0v) is 17.0. The lowest BCUT2D eigenvalue weighted by Gasteiger charge is -2.40. The molecule has 2 fully saturated rings. The van der Waals surface area contributed by atoms with Gasteiger partial charge in [0.05, 0.1) is 31.6 Å². The van der Waals surface area contributed by atoms with Crippen molar-refractivity contribution in [1.29, 1.82) is 0 Å². The first-order valence-corrected chi connectivity index (χ1v) is 10.1. The lowest BCUT2D eigenvalue weighted by molar-refractivity contribution is 0.0974. The van der Waals surface area contributed by atoms with Crippen molar-refractivity contribution in [2.45, 2.75) is 6.17 Å². The van der Waals surface area contributed by atoms with Crippen LogP contribution >= 0.6 is 0 Å². The number of nitrogens with one attached hydrogen (secondary N) is 1. The van der Waals surface area contributed by atoms with Gasteiger partial charge in [0.2, 0.25) is 0 Å². The summed E-state index contributed by atoms with van der Waals surface area (Å²) in [5, 5.41) is 7.84. The fraction of sp³-hybridized carbons (Fsp3) is 0.381. The molecule has 1 aromatic carbocycles. The monoisotopic (exact) mass is 428 g/mol. The number of benzene rings is 1. The second-order valence-electron chi connectivity index (χ2n) is 8.00. The Balaban J connectivity index is 1.35. The van der Waals surface area contributed by atoms with E-state index in [1.54, 1.807) is 19.5 Å². The Labute approximate surface area is 177 Å². The Morgan fingerprint density at radius 2 is 2.06 bits per heavy atom. The molecule has 0 unspecified atom stereocenters. The van der Waals surface area contributed by atoms with Crippen molar-refractivity contribution in [3.8, 4) is 5.69 Å². The molecule has 5 rings (SSSR count). The predicted molar refractivity (Wildman–Crippen MR) is 112 cm³/mol. The molecule has 2 saturated heterocycles. The maximum absolute atomic E-state index is 14.5. The molecule has 8 nitrogen and oxygen atoms in total. The lowest BCUT2D eigenvalue weighted by Crippen LogP contribution is -2.53. The molecule has 162 valence electrons. The zero-order valence-electron chi connectivity index (χ0n) is 17.0. The number of fused-ring (bicyclic) bond motifs is 1. The average molecular weight is 428 g/mol. The van der Waals surface area contributed by atoms with Crippen molar-refractivity contribution >= 4 is 28.4 Å². The summed E-state index contributed by atoms with van der Waals surface area (Å²) in [7, 11) is 1.70. The van der Waals surface area contributed by atoms with Crippen molar-refractivity contribution in [3.05, 3.63) is 42.5 Å². The van der Waals surface area contributed by atoms with Gasteiger partial charge in [0.25, 0.3) is 0 Å². The van der Waals surface area contributed by atoms with Crippen LogP contribution in [0, 0.1) is 11.7 Å². The average Bonchev–Trinajstić information content (AvgIpc) is 3.12. The Morgan fingerprint density at radius 1 is 1.26 bits per heavy atom. The Kier molecular flexibility index (Phi) is 4.93. The van der Waals surface area contributed by atoms with Crippen LogP contribution in [-0.4, -0.2) is 71.8 Å². The fourth-order valence-electron chi connectivity index (χ4n) is 3.88. The van der Waals surface area contributed by atoms with E-state index in [1.807, 2.05) is 6.07 Å². The summed E-state index contributed by atoms with van der Waals surface area (Å²) in [6.45, 7) is 2.70. The van der Waals surface area contributed by atoms with Crippen LogP contribution in [0.15, 0.2) is 36.7 Å². The summed E-state index contributed by atoms with van der Waals surface area (Å²) in [4.78, 5) is 20.1. The molecule has 10 heteroatoms. The lowest BCUT2D eigenvalue weighted by atomic mass is 10.0. The highest BCUT2D eigenvalue weighted by Crippen LogP contribution is 2.28. The molecule has 31 heavy (non-hydrogen) atoms. The summed E-state index contributed by atoms with van der Waals surface area (Å²) in [5.74, 6) is 0.0338. The maximum Gasteiger partial charge on any atom is 0.322 e. The first-order valence-electron chi connectivity index (χ1n) is 10.1. The van der Waals surface area contributed by atoms with E-state index in [9.17, 15) is 13.6 Å². The molecule has 0 atom stereocenters. The van der Waals surface area contributed by atoms with Gasteiger partial charge >= 0.3 is 6.03 Å². The van der Waals surface area contributed by atoms with Gasteiger partial charge in [0.1, 0.15) is 17.7 Å². The standard InChI is InChI=1S/C21H22F2N6O2/c1-31-12-13-7-27(8-13)17-4-14-9-29(26-20(14)24-6-17)19-5-16(2-3-18(19)23)25-21(30)28-10-15(22)11-28/h2-6,9,13,15H,7-8,10-12H2,1H3,(H,25,30). The molecule has 0 bridgehead atoms. The second kappa shape index (κ2) is 7.77. The molecule has 0 radical (unpaired) electrons. The van der Waals surface area contributed by atoms with E-state index in [0.29, 0.717) is 17.3 Å². The van der Waals surface area contributed by atoms with E-state index in [-0.39, 0.29) is 18.8 Å². The molecule has 2 aliphatic rings. The molecule has 2 aromatic heterocycles. The molecule has 0 saturated carbocycles. The van der Waals surface area contributed by atoms with Crippen LogP contribution in [0.25, 0.3) is 16.7 Å². The van der Waals surface area contributed by atoms with Crippen LogP contribution in [0.2, 0.25) is 0 Å².